The number of halogens is 2. The van der Waals surface area contributed by atoms with Crippen LogP contribution in [-0.4, -0.2) is 22.7 Å². The number of hydrogen-bond donors (Lipinski definition) is 1. The summed E-state index contributed by atoms with van der Waals surface area (Å²) in [6.07, 6.45) is 1.93. The molecule has 0 bridgehead atoms. The van der Waals surface area contributed by atoms with Gasteiger partial charge in [-0.3, -0.25) is 0 Å². The summed E-state index contributed by atoms with van der Waals surface area (Å²) in [6, 6.07) is 5.21. The molecule has 0 saturated carbocycles. The molecule has 2 rings (SSSR count). The topological polar surface area (TPSA) is 51.0 Å². The third-order valence-electron chi connectivity index (χ3n) is 3.30. The Labute approximate surface area is 128 Å². The molecular formula is C15H19ClFN3O. The molecule has 21 heavy (non-hydrogen) atoms. The van der Waals surface area contributed by atoms with Gasteiger partial charge >= 0.3 is 0 Å². The summed E-state index contributed by atoms with van der Waals surface area (Å²) in [7, 11) is 0. The van der Waals surface area contributed by atoms with Crippen LogP contribution < -0.4 is 5.32 Å². The van der Waals surface area contributed by atoms with E-state index in [2.05, 4.69) is 29.3 Å². The van der Waals surface area contributed by atoms with Gasteiger partial charge in [0, 0.05) is 18.9 Å². The van der Waals surface area contributed by atoms with Gasteiger partial charge in [-0.15, -0.1) is 0 Å². The second-order valence-electron chi connectivity index (χ2n) is 4.86. The van der Waals surface area contributed by atoms with Crippen molar-refractivity contribution < 1.29 is 8.91 Å². The lowest BCUT2D eigenvalue weighted by Crippen LogP contribution is -2.30. The zero-order chi connectivity index (χ0) is 15.2. The molecule has 0 radical (unpaired) electrons. The molecule has 1 aromatic carbocycles. The van der Waals surface area contributed by atoms with Gasteiger partial charge in [0.25, 0.3) is 0 Å². The summed E-state index contributed by atoms with van der Waals surface area (Å²) in [5.41, 5.74) is 0.466. The van der Waals surface area contributed by atoms with Crippen molar-refractivity contribution in [3.63, 3.8) is 0 Å². The van der Waals surface area contributed by atoms with Gasteiger partial charge in [-0.05, 0) is 24.6 Å². The van der Waals surface area contributed by atoms with Crippen molar-refractivity contribution in [1.29, 1.82) is 0 Å². The molecule has 1 aromatic heterocycles. The SMILES string of the molecule is CCNC(CC)Cc1nc(Cc2cccc(Cl)c2F)no1. The first-order valence-corrected chi connectivity index (χ1v) is 7.49. The van der Waals surface area contributed by atoms with Gasteiger partial charge < -0.3 is 9.84 Å². The molecule has 0 amide bonds. The largest absolute Gasteiger partial charge is 0.339 e. The first kappa shape index (κ1) is 15.9. The van der Waals surface area contributed by atoms with Crippen molar-refractivity contribution >= 4 is 11.6 Å². The lowest BCUT2D eigenvalue weighted by atomic mass is 10.1. The van der Waals surface area contributed by atoms with Crippen LogP contribution in [0.2, 0.25) is 5.02 Å². The molecule has 2 aromatic rings. The van der Waals surface area contributed by atoms with Crippen molar-refractivity contribution in [2.75, 3.05) is 6.54 Å². The lowest BCUT2D eigenvalue weighted by molar-refractivity contribution is 0.352. The highest BCUT2D eigenvalue weighted by Gasteiger charge is 2.14. The van der Waals surface area contributed by atoms with Crippen molar-refractivity contribution in [2.45, 2.75) is 39.2 Å². The molecule has 1 heterocycles. The number of nitrogens with zero attached hydrogens (tertiary/aromatic N) is 2. The average molecular weight is 312 g/mol. The van der Waals surface area contributed by atoms with E-state index >= 15 is 0 Å². The summed E-state index contributed by atoms with van der Waals surface area (Å²) in [5.74, 6) is 0.613. The van der Waals surface area contributed by atoms with Crippen LogP contribution in [0.5, 0.6) is 0 Å². The second kappa shape index (κ2) is 7.52. The van der Waals surface area contributed by atoms with Crippen LogP contribution in [0.1, 0.15) is 37.5 Å². The van der Waals surface area contributed by atoms with Crippen molar-refractivity contribution in [2.24, 2.45) is 0 Å². The van der Waals surface area contributed by atoms with Crippen molar-refractivity contribution in [3.8, 4) is 0 Å². The fourth-order valence-electron chi connectivity index (χ4n) is 2.16. The Kier molecular flexibility index (Phi) is 5.70. The molecule has 6 heteroatoms. The van der Waals surface area contributed by atoms with E-state index in [1.165, 1.54) is 6.07 Å². The van der Waals surface area contributed by atoms with E-state index in [1.54, 1.807) is 12.1 Å². The number of likely N-dealkylation sites (N-methyl/N-ethyl adjacent to an activating group) is 1. The highest BCUT2D eigenvalue weighted by molar-refractivity contribution is 6.30. The molecule has 0 spiro atoms. The minimum atomic E-state index is -0.426. The van der Waals surface area contributed by atoms with E-state index in [9.17, 15) is 4.39 Å². The summed E-state index contributed by atoms with van der Waals surface area (Å²) >= 11 is 5.76. The number of benzene rings is 1. The Morgan fingerprint density at radius 3 is 2.90 bits per heavy atom. The summed E-state index contributed by atoms with van der Waals surface area (Å²) in [6.45, 7) is 5.06. The number of hydrogen-bond acceptors (Lipinski definition) is 4. The zero-order valence-corrected chi connectivity index (χ0v) is 13.0. The fraction of sp³-hybridized carbons (Fsp3) is 0.467. The van der Waals surface area contributed by atoms with E-state index < -0.39 is 5.82 Å². The lowest BCUT2D eigenvalue weighted by Gasteiger charge is -2.12. The van der Waals surface area contributed by atoms with Crippen LogP contribution in [0.25, 0.3) is 0 Å². The quantitative estimate of drug-likeness (QED) is 0.851. The van der Waals surface area contributed by atoms with Gasteiger partial charge in [0.1, 0.15) is 5.82 Å². The first-order valence-electron chi connectivity index (χ1n) is 7.11. The molecule has 0 fully saturated rings. The van der Waals surface area contributed by atoms with E-state index in [0.29, 0.717) is 29.7 Å². The number of aromatic nitrogens is 2. The Balaban J connectivity index is 2.04. The van der Waals surface area contributed by atoms with Crippen LogP contribution in [0.15, 0.2) is 22.7 Å². The van der Waals surface area contributed by atoms with E-state index in [0.717, 1.165) is 13.0 Å². The van der Waals surface area contributed by atoms with Gasteiger partial charge in [0.15, 0.2) is 5.82 Å². The van der Waals surface area contributed by atoms with E-state index in [-0.39, 0.29) is 11.4 Å². The molecule has 4 nitrogen and oxygen atoms in total. The predicted molar refractivity (Wildman–Crippen MR) is 80.0 cm³/mol. The van der Waals surface area contributed by atoms with Crippen molar-refractivity contribution in [3.05, 3.63) is 46.3 Å². The van der Waals surface area contributed by atoms with E-state index in [4.69, 9.17) is 16.1 Å². The van der Waals surface area contributed by atoms with Crippen LogP contribution in [0, 0.1) is 5.82 Å². The number of rotatable bonds is 7. The first-order chi connectivity index (χ1) is 10.1. The Morgan fingerprint density at radius 1 is 1.38 bits per heavy atom. The summed E-state index contributed by atoms with van der Waals surface area (Å²) in [4.78, 5) is 4.32. The van der Waals surface area contributed by atoms with Gasteiger partial charge in [-0.25, -0.2) is 4.39 Å². The molecule has 0 saturated heterocycles. The highest BCUT2D eigenvalue weighted by Crippen LogP contribution is 2.19. The van der Waals surface area contributed by atoms with Crippen LogP contribution >= 0.6 is 11.6 Å². The average Bonchev–Trinajstić information content (AvgIpc) is 2.91. The third kappa shape index (κ3) is 4.25. The van der Waals surface area contributed by atoms with Crippen LogP contribution in [0.3, 0.4) is 0 Å². The zero-order valence-electron chi connectivity index (χ0n) is 12.2. The van der Waals surface area contributed by atoms with Gasteiger partial charge in [0.05, 0.1) is 5.02 Å². The number of nitrogens with one attached hydrogen (secondary N) is 1. The monoisotopic (exact) mass is 311 g/mol. The Hall–Kier alpha value is -1.46. The van der Waals surface area contributed by atoms with Gasteiger partial charge in [-0.2, -0.15) is 4.98 Å². The third-order valence-corrected chi connectivity index (χ3v) is 3.59. The normalized spacial score (nSPS) is 12.6. The predicted octanol–water partition coefficient (Wildman–Crippen LogP) is 3.38. The van der Waals surface area contributed by atoms with Crippen LogP contribution in [-0.2, 0) is 12.8 Å². The van der Waals surface area contributed by atoms with Gasteiger partial charge in [-0.1, -0.05) is 42.7 Å². The molecule has 114 valence electrons. The maximum atomic E-state index is 13.8. The maximum Gasteiger partial charge on any atom is 0.228 e. The standard InChI is InChI=1S/C15H19ClFN3O/c1-3-11(18-4-2)9-14-19-13(20-21-14)8-10-6-5-7-12(16)15(10)17/h5-7,11,18H,3-4,8-9H2,1-2H3. The molecule has 1 atom stereocenters. The van der Waals surface area contributed by atoms with E-state index in [1.807, 2.05) is 0 Å². The molecule has 0 aliphatic carbocycles. The minimum Gasteiger partial charge on any atom is -0.339 e. The molecular weight excluding hydrogens is 293 g/mol. The maximum absolute atomic E-state index is 13.8. The van der Waals surface area contributed by atoms with Gasteiger partial charge in [0.2, 0.25) is 5.89 Å². The van der Waals surface area contributed by atoms with Crippen LogP contribution in [0.4, 0.5) is 4.39 Å². The fourth-order valence-corrected chi connectivity index (χ4v) is 2.35. The molecule has 1 unspecified atom stereocenters. The summed E-state index contributed by atoms with van der Waals surface area (Å²) in [5, 5.41) is 7.36. The molecule has 1 N–H and O–H groups in total. The summed E-state index contributed by atoms with van der Waals surface area (Å²) < 4.78 is 19.1. The van der Waals surface area contributed by atoms with Crippen molar-refractivity contribution in [1.82, 2.24) is 15.5 Å². The molecule has 0 aliphatic heterocycles. The highest BCUT2D eigenvalue weighted by atomic mass is 35.5. The Bertz CT molecular complexity index is 588. The smallest absolute Gasteiger partial charge is 0.228 e. The second-order valence-corrected chi connectivity index (χ2v) is 5.27. The molecule has 0 aliphatic rings. The minimum absolute atomic E-state index is 0.106. The Morgan fingerprint density at radius 2 is 2.19 bits per heavy atom.